The summed E-state index contributed by atoms with van der Waals surface area (Å²) in [6.07, 6.45) is 6.39. The number of rotatable bonds is 0. The molecule has 84 valence electrons. The molecule has 0 fully saturated rings. The molecule has 2 rings (SSSR count). The topological polar surface area (TPSA) is 156 Å². The third-order valence-corrected chi connectivity index (χ3v) is 0.740. The number of nitrogens with zero attached hydrogens (tertiary/aromatic N) is 5. The first-order chi connectivity index (χ1) is 7.23. The van der Waals surface area contributed by atoms with Crippen LogP contribution in [0.4, 0.5) is 0 Å². The van der Waals surface area contributed by atoms with Crippen molar-refractivity contribution < 1.29 is 31.1 Å². The zero-order valence-electron chi connectivity index (χ0n) is 8.28. The van der Waals surface area contributed by atoms with Gasteiger partial charge in [-0.25, -0.2) is 0 Å². The number of aromatic nitrogens is 6. The van der Waals surface area contributed by atoms with Gasteiger partial charge in [-0.15, -0.1) is 15.3 Å². The van der Waals surface area contributed by atoms with Gasteiger partial charge < -0.3 is 11.5 Å². The second kappa shape index (κ2) is 13.5. The average Bonchev–Trinajstić information content (AvgIpc) is 2.77. The Hall–Kier alpha value is -1.53. The number of H-pyrrole nitrogens is 1. The Morgan fingerprint density at radius 1 is 1.06 bits per heavy atom. The van der Waals surface area contributed by atoms with Gasteiger partial charge in [0.25, 0.3) is 0 Å². The SMILES string of the molecule is N=C(N)N.[U].c1c[nH]nn1.c1cnnnc1. The minimum atomic E-state index is -0.333. The third kappa shape index (κ3) is 18.3. The van der Waals surface area contributed by atoms with Crippen LogP contribution in [-0.2, 0) is 0 Å². The van der Waals surface area contributed by atoms with Gasteiger partial charge in [-0.05, 0) is 11.3 Å². The quantitative estimate of drug-likeness (QED) is 0.283. The molecule has 2 heterocycles. The number of hydrogen-bond donors (Lipinski definition) is 4. The first-order valence-electron chi connectivity index (χ1n) is 3.71. The Morgan fingerprint density at radius 3 is 1.75 bits per heavy atom. The summed E-state index contributed by atoms with van der Waals surface area (Å²) >= 11 is 0. The number of nitrogens with two attached hydrogens (primary N) is 2. The fourth-order valence-electron chi connectivity index (χ4n) is 0.372. The summed E-state index contributed by atoms with van der Waals surface area (Å²) in [6.45, 7) is 0. The molecule has 0 spiro atoms. The monoisotopic (exact) mass is 447 g/mol. The van der Waals surface area contributed by atoms with E-state index in [4.69, 9.17) is 5.41 Å². The van der Waals surface area contributed by atoms with Gasteiger partial charge in [0.1, 0.15) is 0 Å². The van der Waals surface area contributed by atoms with Crippen LogP contribution in [-0.4, -0.2) is 36.8 Å². The van der Waals surface area contributed by atoms with E-state index in [2.05, 4.69) is 42.3 Å². The summed E-state index contributed by atoms with van der Waals surface area (Å²) in [7, 11) is 0. The Kier molecular flexibility index (Phi) is 14.2. The van der Waals surface area contributed by atoms with Crippen molar-refractivity contribution in [2.24, 2.45) is 11.5 Å². The zero-order valence-corrected chi connectivity index (χ0v) is 12.4. The third-order valence-electron chi connectivity index (χ3n) is 0.740. The molecule has 0 aliphatic carbocycles. The van der Waals surface area contributed by atoms with Gasteiger partial charge in [-0.1, -0.05) is 5.21 Å². The van der Waals surface area contributed by atoms with Crippen molar-refractivity contribution >= 4 is 5.96 Å². The molecule has 2 aromatic heterocycles. The molecule has 0 atom stereocenters. The fourth-order valence-corrected chi connectivity index (χ4v) is 0.372. The van der Waals surface area contributed by atoms with Crippen molar-refractivity contribution in [3.63, 3.8) is 0 Å². The summed E-state index contributed by atoms with van der Waals surface area (Å²) in [6, 6.07) is 1.72. The van der Waals surface area contributed by atoms with Crippen molar-refractivity contribution in [2.45, 2.75) is 0 Å². The smallest absolute Gasteiger partial charge is 0.183 e. The minimum Gasteiger partial charge on any atom is -0.370 e. The Bertz CT molecular complexity index is 275. The second-order valence-electron chi connectivity index (χ2n) is 1.93. The van der Waals surface area contributed by atoms with Crippen molar-refractivity contribution in [2.75, 3.05) is 0 Å². The summed E-state index contributed by atoms with van der Waals surface area (Å²) in [5.74, 6) is -0.333. The van der Waals surface area contributed by atoms with Crippen LogP contribution < -0.4 is 11.5 Å². The first kappa shape index (κ1) is 16.9. The average molecular weight is 447 g/mol. The van der Waals surface area contributed by atoms with Gasteiger partial charge in [0.2, 0.25) is 0 Å². The molecule has 9 nitrogen and oxygen atoms in total. The van der Waals surface area contributed by atoms with E-state index in [1.165, 1.54) is 0 Å². The standard InChI is InChI=1S/C3H3N3.C2H3N3.CH5N3.U/c1-2-4-6-5-3-1;1-2-4-5-3-1;2-1(3)4;/h1-3H;1-2H,(H,3,4,5);(H5,2,3,4);. The molecule has 0 aliphatic heterocycles. The van der Waals surface area contributed by atoms with Crippen LogP contribution in [0.2, 0.25) is 0 Å². The Balaban J connectivity index is 0. The number of guanidine groups is 1. The van der Waals surface area contributed by atoms with E-state index >= 15 is 0 Å². The first-order valence-corrected chi connectivity index (χ1v) is 3.71. The molecular formula is C6H11N9U. The van der Waals surface area contributed by atoms with E-state index in [0.29, 0.717) is 0 Å². The van der Waals surface area contributed by atoms with Gasteiger partial charge in [0, 0.05) is 37.3 Å². The fraction of sp³-hybridized carbons (Fsp3) is 0. The van der Waals surface area contributed by atoms with Gasteiger partial charge in [-0.3, -0.25) is 10.5 Å². The summed E-state index contributed by atoms with van der Waals surface area (Å²) in [4.78, 5) is 0. The van der Waals surface area contributed by atoms with Crippen molar-refractivity contribution in [3.05, 3.63) is 30.9 Å². The molecule has 6 N–H and O–H groups in total. The van der Waals surface area contributed by atoms with Gasteiger partial charge in [-0.2, -0.15) is 0 Å². The van der Waals surface area contributed by atoms with E-state index in [1.807, 2.05) is 0 Å². The van der Waals surface area contributed by atoms with Crippen LogP contribution in [0, 0.1) is 36.5 Å². The maximum atomic E-state index is 6.06. The molecule has 0 unspecified atom stereocenters. The molecule has 2 aromatic rings. The van der Waals surface area contributed by atoms with Gasteiger partial charge in [0.15, 0.2) is 5.96 Å². The molecular weight excluding hydrogens is 436 g/mol. The molecule has 0 aliphatic rings. The minimum absolute atomic E-state index is 0. The van der Waals surface area contributed by atoms with Crippen molar-refractivity contribution in [3.8, 4) is 0 Å². The van der Waals surface area contributed by atoms with E-state index in [-0.39, 0.29) is 37.1 Å². The van der Waals surface area contributed by atoms with E-state index in [1.54, 1.807) is 30.9 Å². The molecule has 0 bridgehead atoms. The van der Waals surface area contributed by atoms with Gasteiger partial charge >= 0.3 is 0 Å². The van der Waals surface area contributed by atoms with Crippen LogP contribution in [0.15, 0.2) is 30.9 Å². The summed E-state index contributed by atoms with van der Waals surface area (Å²) in [5.41, 5.74) is 8.94. The summed E-state index contributed by atoms with van der Waals surface area (Å²) in [5, 5.41) is 25.5. The molecule has 10 heteroatoms. The molecule has 0 radical (unpaired) electrons. The van der Waals surface area contributed by atoms with E-state index in [0.717, 1.165) is 0 Å². The van der Waals surface area contributed by atoms with Crippen molar-refractivity contribution in [1.29, 1.82) is 5.41 Å². The molecule has 16 heavy (non-hydrogen) atoms. The van der Waals surface area contributed by atoms with Crippen LogP contribution in [0.25, 0.3) is 0 Å². The molecule has 0 amide bonds. The molecule has 0 saturated carbocycles. The van der Waals surface area contributed by atoms with E-state index in [9.17, 15) is 0 Å². The van der Waals surface area contributed by atoms with Crippen molar-refractivity contribution in [1.82, 2.24) is 30.8 Å². The van der Waals surface area contributed by atoms with Crippen LogP contribution in [0.1, 0.15) is 0 Å². The Labute approximate surface area is 115 Å². The summed E-state index contributed by atoms with van der Waals surface area (Å²) < 4.78 is 0. The molecule has 0 saturated heterocycles. The number of hydrogen-bond acceptors (Lipinski definition) is 6. The van der Waals surface area contributed by atoms with E-state index < -0.39 is 0 Å². The Morgan fingerprint density at radius 2 is 1.62 bits per heavy atom. The maximum Gasteiger partial charge on any atom is 0.183 e. The second-order valence-corrected chi connectivity index (χ2v) is 1.93. The predicted octanol–water partition coefficient (Wildman–Crippen LogP) is -1.49. The van der Waals surface area contributed by atoms with Crippen LogP contribution >= 0.6 is 0 Å². The predicted molar refractivity (Wildman–Crippen MR) is 52.3 cm³/mol. The number of aromatic amines is 1. The van der Waals surface area contributed by atoms with Crippen LogP contribution in [0.5, 0.6) is 0 Å². The van der Waals surface area contributed by atoms with Gasteiger partial charge in [0.05, 0.1) is 18.6 Å². The van der Waals surface area contributed by atoms with Crippen LogP contribution in [0.3, 0.4) is 0 Å². The number of nitrogens with one attached hydrogen (secondary N) is 2. The molecule has 0 aromatic carbocycles. The zero-order chi connectivity index (χ0) is 11.4. The largest absolute Gasteiger partial charge is 0.370 e. The normalized spacial score (nSPS) is 7.00. The maximum absolute atomic E-state index is 6.06.